The molecule has 0 amide bonds. The number of nitrogens with zero attached hydrogens (tertiary/aromatic N) is 1. The van der Waals surface area contributed by atoms with Gasteiger partial charge in [0, 0.05) is 24.3 Å². The van der Waals surface area contributed by atoms with Crippen LogP contribution in [-0.2, 0) is 9.53 Å². The van der Waals surface area contributed by atoms with Crippen LogP contribution in [0.4, 0.5) is 10.1 Å². The molecule has 2 aromatic carbocycles. The summed E-state index contributed by atoms with van der Waals surface area (Å²) in [6.07, 6.45) is 2.42. The molecule has 2 aromatic rings. The zero-order valence-electron chi connectivity index (χ0n) is 13.2. The lowest BCUT2D eigenvalue weighted by Crippen LogP contribution is -2.19. The average molecular weight is 313 g/mol. The van der Waals surface area contributed by atoms with Gasteiger partial charge in [-0.2, -0.15) is 0 Å². The maximum absolute atomic E-state index is 14.1. The largest absolute Gasteiger partial charge is 0.468 e. The molecule has 23 heavy (non-hydrogen) atoms. The van der Waals surface area contributed by atoms with Crippen molar-refractivity contribution >= 4 is 11.7 Å². The number of carbonyl (C=O) groups excluding carboxylic acids is 1. The van der Waals surface area contributed by atoms with E-state index in [0.29, 0.717) is 5.56 Å². The highest BCUT2D eigenvalue weighted by Gasteiger charge is 2.26. The highest BCUT2D eigenvalue weighted by molar-refractivity contribution is 5.82. The van der Waals surface area contributed by atoms with Crippen LogP contribution in [0.2, 0.25) is 0 Å². The standard InChI is InChI=1S/C19H20FNO2/c1-23-19(22)18(16-6-2-3-7-17(16)20)14-8-10-15(11-9-14)21-12-4-5-13-21/h2-3,6-11,18H,4-5,12-13H2,1H3/t18-/m0/s1. The van der Waals surface area contributed by atoms with Gasteiger partial charge >= 0.3 is 5.97 Å². The predicted octanol–water partition coefficient (Wildman–Crippen LogP) is 3.73. The molecule has 0 aromatic heterocycles. The number of rotatable bonds is 4. The number of esters is 1. The Morgan fingerprint density at radius 1 is 1.09 bits per heavy atom. The van der Waals surface area contributed by atoms with Gasteiger partial charge in [-0.3, -0.25) is 4.79 Å². The molecule has 1 aliphatic heterocycles. The SMILES string of the molecule is COC(=O)[C@@H](c1ccc(N2CCCC2)cc1)c1ccccc1F. The van der Waals surface area contributed by atoms with Gasteiger partial charge in [0.1, 0.15) is 11.7 Å². The molecule has 0 N–H and O–H groups in total. The highest BCUT2D eigenvalue weighted by atomic mass is 19.1. The van der Waals surface area contributed by atoms with E-state index in [0.717, 1.165) is 24.3 Å². The van der Waals surface area contributed by atoms with E-state index in [1.807, 2.05) is 24.3 Å². The molecule has 0 spiro atoms. The van der Waals surface area contributed by atoms with Crippen LogP contribution in [0, 0.1) is 5.82 Å². The molecule has 3 rings (SSSR count). The first-order chi connectivity index (χ1) is 11.2. The first-order valence-corrected chi connectivity index (χ1v) is 7.88. The third-order valence-corrected chi connectivity index (χ3v) is 4.35. The minimum absolute atomic E-state index is 0.341. The Kier molecular flexibility index (Phi) is 4.60. The molecule has 0 saturated carbocycles. The van der Waals surface area contributed by atoms with Crippen LogP contribution in [0.3, 0.4) is 0 Å². The Morgan fingerprint density at radius 3 is 2.35 bits per heavy atom. The van der Waals surface area contributed by atoms with Gasteiger partial charge in [-0.15, -0.1) is 0 Å². The predicted molar refractivity (Wildman–Crippen MR) is 88.1 cm³/mol. The summed E-state index contributed by atoms with van der Waals surface area (Å²) in [7, 11) is 1.33. The zero-order valence-corrected chi connectivity index (χ0v) is 13.2. The number of hydrogen-bond acceptors (Lipinski definition) is 3. The number of carbonyl (C=O) groups is 1. The molecule has 1 heterocycles. The maximum atomic E-state index is 14.1. The minimum Gasteiger partial charge on any atom is -0.468 e. The average Bonchev–Trinajstić information content (AvgIpc) is 3.12. The Morgan fingerprint density at radius 2 is 1.74 bits per heavy atom. The molecule has 1 aliphatic rings. The second-order valence-corrected chi connectivity index (χ2v) is 5.76. The minimum atomic E-state index is -0.742. The molecular formula is C19H20FNO2. The first-order valence-electron chi connectivity index (χ1n) is 7.88. The summed E-state index contributed by atoms with van der Waals surface area (Å²) in [5, 5.41) is 0. The Labute approximate surface area is 135 Å². The first kappa shape index (κ1) is 15.5. The van der Waals surface area contributed by atoms with Gasteiger partial charge in [0.05, 0.1) is 7.11 Å². The van der Waals surface area contributed by atoms with Crippen molar-refractivity contribution in [2.24, 2.45) is 0 Å². The number of benzene rings is 2. The Bertz CT molecular complexity index is 678. The zero-order chi connectivity index (χ0) is 16.2. The van der Waals surface area contributed by atoms with Gasteiger partial charge in [-0.25, -0.2) is 4.39 Å². The Hall–Kier alpha value is -2.36. The lowest BCUT2D eigenvalue weighted by molar-refractivity contribution is -0.141. The molecule has 0 unspecified atom stereocenters. The van der Waals surface area contributed by atoms with Crippen molar-refractivity contribution in [2.45, 2.75) is 18.8 Å². The van der Waals surface area contributed by atoms with Crippen LogP contribution in [-0.4, -0.2) is 26.2 Å². The topological polar surface area (TPSA) is 29.5 Å². The van der Waals surface area contributed by atoms with Crippen molar-refractivity contribution in [2.75, 3.05) is 25.1 Å². The van der Waals surface area contributed by atoms with Crippen LogP contribution in [0.15, 0.2) is 48.5 Å². The van der Waals surface area contributed by atoms with Gasteiger partial charge in [0.15, 0.2) is 0 Å². The smallest absolute Gasteiger partial charge is 0.317 e. The summed E-state index contributed by atoms with van der Waals surface area (Å²) >= 11 is 0. The molecule has 1 fully saturated rings. The van der Waals surface area contributed by atoms with Crippen LogP contribution >= 0.6 is 0 Å². The summed E-state index contributed by atoms with van der Waals surface area (Å²) in [6.45, 7) is 2.13. The number of ether oxygens (including phenoxy) is 1. The molecule has 0 aliphatic carbocycles. The quantitative estimate of drug-likeness (QED) is 0.806. The lowest BCUT2D eigenvalue weighted by Gasteiger charge is -2.20. The molecule has 1 saturated heterocycles. The second kappa shape index (κ2) is 6.82. The summed E-state index contributed by atoms with van der Waals surface area (Å²) in [6, 6.07) is 14.1. The molecule has 0 radical (unpaired) electrons. The number of methoxy groups -OCH3 is 1. The van der Waals surface area contributed by atoms with E-state index in [1.165, 1.54) is 26.0 Å². The summed E-state index contributed by atoms with van der Waals surface area (Å²) < 4.78 is 19.0. The van der Waals surface area contributed by atoms with Gasteiger partial charge in [-0.05, 0) is 36.6 Å². The van der Waals surface area contributed by atoms with Gasteiger partial charge in [0.25, 0.3) is 0 Å². The van der Waals surface area contributed by atoms with Crippen LogP contribution in [0.1, 0.15) is 29.9 Å². The lowest BCUT2D eigenvalue weighted by atomic mass is 9.91. The van der Waals surface area contributed by atoms with Crippen molar-refractivity contribution < 1.29 is 13.9 Å². The van der Waals surface area contributed by atoms with E-state index < -0.39 is 17.7 Å². The van der Waals surface area contributed by atoms with Crippen molar-refractivity contribution in [3.63, 3.8) is 0 Å². The fourth-order valence-corrected chi connectivity index (χ4v) is 3.12. The van der Waals surface area contributed by atoms with E-state index in [1.54, 1.807) is 18.2 Å². The highest BCUT2D eigenvalue weighted by Crippen LogP contribution is 2.30. The summed E-state index contributed by atoms with van der Waals surface area (Å²) in [5.74, 6) is -1.59. The van der Waals surface area contributed by atoms with E-state index in [9.17, 15) is 9.18 Å². The summed E-state index contributed by atoms with van der Waals surface area (Å²) in [4.78, 5) is 14.5. The number of halogens is 1. The maximum Gasteiger partial charge on any atom is 0.317 e. The monoisotopic (exact) mass is 313 g/mol. The van der Waals surface area contributed by atoms with Crippen molar-refractivity contribution in [3.05, 3.63) is 65.5 Å². The third kappa shape index (κ3) is 3.21. The van der Waals surface area contributed by atoms with E-state index >= 15 is 0 Å². The molecular weight excluding hydrogens is 293 g/mol. The Balaban J connectivity index is 1.94. The molecule has 4 heteroatoms. The van der Waals surface area contributed by atoms with Gasteiger partial charge < -0.3 is 9.64 Å². The van der Waals surface area contributed by atoms with Crippen LogP contribution < -0.4 is 4.90 Å². The van der Waals surface area contributed by atoms with Crippen molar-refractivity contribution in [1.29, 1.82) is 0 Å². The van der Waals surface area contributed by atoms with E-state index in [-0.39, 0.29) is 0 Å². The number of hydrogen-bond donors (Lipinski definition) is 0. The molecule has 3 nitrogen and oxygen atoms in total. The number of anilines is 1. The fraction of sp³-hybridized carbons (Fsp3) is 0.316. The third-order valence-electron chi connectivity index (χ3n) is 4.35. The van der Waals surface area contributed by atoms with E-state index in [4.69, 9.17) is 4.74 Å². The van der Waals surface area contributed by atoms with E-state index in [2.05, 4.69) is 4.90 Å². The summed E-state index contributed by atoms with van der Waals surface area (Å²) in [5.41, 5.74) is 2.22. The van der Waals surface area contributed by atoms with Crippen LogP contribution in [0.25, 0.3) is 0 Å². The normalized spacial score (nSPS) is 15.5. The van der Waals surface area contributed by atoms with Crippen LogP contribution in [0.5, 0.6) is 0 Å². The second-order valence-electron chi connectivity index (χ2n) is 5.76. The van der Waals surface area contributed by atoms with Crippen molar-refractivity contribution in [1.82, 2.24) is 0 Å². The molecule has 1 atom stereocenters. The molecule has 120 valence electrons. The van der Waals surface area contributed by atoms with Gasteiger partial charge in [0.2, 0.25) is 0 Å². The van der Waals surface area contributed by atoms with Gasteiger partial charge in [-0.1, -0.05) is 30.3 Å². The molecule has 0 bridgehead atoms. The fourth-order valence-electron chi connectivity index (χ4n) is 3.12. The van der Waals surface area contributed by atoms with Crippen molar-refractivity contribution in [3.8, 4) is 0 Å².